The Kier molecular flexibility index (Phi) is 5.09. The van der Waals surface area contributed by atoms with Crippen LogP contribution in [-0.2, 0) is 20.8 Å². The van der Waals surface area contributed by atoms with Crippen LogP contribution in [0.1, 0.15) is 24.5 Å². The Hall–Kier alpha value is -3.39. The van der Waals surface area contributed by atoms with Crippen molar-refractivity contribution in [2.24, 2.45) is 5.92 Å². The SMILES string of the molecule is C#Cc1cccc(NC(=O)C2C(=O)NC(C)(CCc3ccccc3)C2=O)c1. The van der Waals surface area contributed by atoms with E-state index in [1.807, 2.05) is 30.3 Å². The average molecular weight is 360 g/mol. The van der Waals surface area contributed by atoms with Crippen molar-refractivity contribution in [3.05, 3.63) is 65.7 Å². The van der Waals surface area contributed by atoms with E-state index >= 15 is 0 Å². The van der Waals surface area contributed by atoms with E-state index in [0.29, 0.717) is 24.1 Å². The Balaban J connectivity index is 1.71. The van der Waals surface area contributed by atoms with Crippen LogP contribution in [0.25, 0.3) is 0 Å². The van der Waals surface area contributed by atoms with Crippen LogP contribution in [-0.4, -0.2) is 23.1 Å². The van der Waals surface area contributed by atoms with Crippen molar-refractivity contribution >= 4 is 23.3 Å². The van der Waals surface area contributed by atoms with Crippen LogP contribution in [0.4, 0.5) is 5.69 Å². The largest absolute Gasteiger partial charge is 0.343 e. The van der Waals surface area contributed by atoms with E-state index in [9.17, 15) is 14.4 Å². The first-order valence-corrected chi connectivity index (χ1v) is 8.71. The summed E-state index contributed by atoms with van der Waals surface area (Å²) in [5.74, 6) is -0.505. The number of benzene rings is 2. The zero-order valence-corrected chi connectivity index (χ0v) is 15.0. The number of nitrogens with one attached hydrogen (secondary N) is 2. The summed E-state index contributed by atoms with van der Waals surface area (Å²) in [5, 5.41) is 5.32. The molecule has 1 saturated heterocycles. The van der Waals surface area contributed by atoms with Crippen molar-refractivity contribution in [3.8, 4) is 12.3 Å². The molecule has 5 nitrogen and oxygen atoms in total. The minimum atomic E-state index is -1.36. The van der Waals surface area contributed by atoms with E-state index in [1.165, 1.54) is 0 Å². The molecule has 1 aliphatic heterocycles. The zero-order chi connectivity index (χ0) is 19.4. The van der Waals surface area contributed by atoms with Crippen LogP contribution in [0, 0.1) is 18.3 Å². The molecule has 0 aliphatic carbocycles. The maximum atomic E-state index is 12.8. The fourth-order valence-corrected chi connectivity index (χ4v) is 3.21. The first-order chi connectivity index (χ1) is 12.9. The second kappa shape index (κ2) is 7.46. The molecule has 2 N–H and O–H groups in total. The maximum absolute atomic E-state index is 12.8. The number of aryl methyl sites for hydroxylation is 1. The second-order valence-corrected chi connectivity index (χ2v) is 6.82. The second-order valence-electron chi connectivity index (χ2n) is 6.82. The lowest BCUT2D eigenvalue weighted by atomic mass is 9.87. The van der Waals surface area contributed by atoms with Crippen LogP contribution < -0.4 is 10.6 Å². The van der Waals surface area contributed by atoms with E-state index in [1.54, 1.807) is 31.2 Å². The van der Waals surface area contributed by atoms with Gasteiger partial charge in [-0.05, 0) is 43.5 Å². The predicted octanol–water partition coefficient (Wildman–Crippen LogP) is 2.31. The van der Waals surface area contributed by atoms with Crippen molar-refractivity contribution in [3.63, 3.8) is 0 Å². The molecular formula is C22H20N2O3. The van der Waals surface area contributed by atoms with Gasteiger partial charge in [-0.3, -0.25) is 14.4 Å². The molecule has 5 heteroatoms. The number of anilines is 1. The highest BCUT2D eigenvalue weighted by Gasteiger charge is 2.52. The molecule has 136 valence electrons. The van der Waals surface area contributed by atoms with Gasteiger partial charge in [0, 0.05) is 11.3 Å². The molecule has 2 amide bonds. The number of Topliss-reactive ketones (excluding diaryl/α,β-unsaturated/α-hetero) is 1. The molecule has 1 fully saturated rings. The molecule has 0 aromatic heterocycles. The third-order valence-corrected chi connectivity index (χ3v) is 4.78. The van der Waals surface area contributed by atoms with Gasteiger partial charge in [-0.1, -0.05) is 42.3 Å². The number of terminal acetylenes is 1. The zero-order valence-electron chi connectivity index (χ0n) is 15.0. The highest BCUT2D eigenvalue weighted by Crippen LogP contribution is 2.27. The number of amides is 2. The molecule has 2 aromatic carbocycles. The summed E-state index contributed by atoms with van der Waals surface area (Å²) in [4.78, 5) is 37.7. The van der Waals surface area contributed by atoms with E-state index in [2.05, 4.69) is 16.6 Å². The van der Waals surface area contributed by atoms with Crippen molar-refractivity contribution in [2.75, 3.05) is 5.32 Å². The van der Waals surface area contributed by atoms with Gasteiger partial charge < -0.3 is 10.6 Å². The maximum Gasteiger partial charge on any atom is 0.244 e. The van der Waals surface area contributed by atoms with Gasteiger partial charge in [0.05, 0.1) is 5.54 Å². The average Bonchev–Trinajstić information content (AvgIpc) is 2.90. The third kappa shape index (κ3) is 3.90. The van der Waals surface area contributed by atoms with E-state index in [-0.39, 0.29) is 0 Å². The Morgan fingerprint density at radius 1 is 1.19 bits per heavy atom. The molecule has 2 aromatic rings. The van der Waals surface area contributed by atoms with Crippen molar-refractivity contribution in [1.29, 1.82) is 0 Å². The first kappa shape index (κ1) is 18.4. The van der Waals surface area contributed by atoms with Crippen LogP contribution in [0.5, 0.6) is 0 Å². The summed E-state index contributed by atoms with van der Waals surface area (Å²) >= 11 is 0. The molecule has 0 spiro atoms. The normalized spacial score (nSPS) is 21.4. The number of rotatable bonds is 5. The number of hydrogen-bond donors (Lipinski definition) is 2. The van der Waals surface area contributed by atoms with Crippen molar-refractivity contribution < 1.29 is 14.4 Å². The minimum Gasteiger partial charge on any atom is -0.343 e. The fraction of sp³-hybridized carbons (Fsp3) is 0.227. The molecule has 1 heterocycles. The highest BCUT2D eigenvalue weighted by molar-refractivity contribution is 6.27. The predicted molar refractivity (Wildman–Crippen MR) is 103 cm³/mol. The molecule has 2 unspecified atom stereocenters. The molecule has 0 saturated carbocycles. The number of carbonyl (C=O) groups excluding carboxylic acids is 3. The molecule has 0 radical (unpaired) electrons. The molecule has 1 aliphatic rings. The minimum absolute atomic E-state index is 0.408. The number of ketones is 1. The number of carbonyl (C=O) groups is 3. The summed E-state index contributed by atoms with van der Waals surface area (Å²) in [6.07, 6.45) is 6.41. The summed E-state index contributed by atoms with van der Waals surface area (Å²) in [6.45, 7) is 1.67. The van der Waals surface area contributed by atoms with Gasteiger partial charge in [-0.2, -0.15) is 0 Å². The van der Waals surface area contributed by atoms with Gasteiger partial charge in [0.1, 0.15) is 0 Å². The Morgan fingerprint density at radius 3 is 2.63 bits per heavy atom. The van der Waals surface area contributed by atoms with Crippen LogP contribution >= 0.6 is 0 Å². The van der Waals surface area contributed by atoms with Gasteiger partial charge in [0.15, 0.2) is 11.7 Å². The topological polar surface area (TPSA) is 75.3 Å². The Bertz CT molecular complexity index is 930. The van der Waals surface area contributed by atoms with Crippen LogP contribution in [0.2, 0.25) is 0 Å². The lowest BCUT2D eigenvalue weighted by Gasteiger charge is -2.22. The van der Waals surface area contributed by atoms with Crippen LogP contribution in [0.15, 0.2) is 54.6 Å². The summed E-state index contributed by atoms with van der Waals surface area (Å²) in [5.41, 5.74) is 1.06. The lowest BCUT2D eigenvalue weighted by Crippen LogP contribution is -2.44. The van der Waals surface area contributed by atoms with Gasteiger partial charge in [-0.25, -0.2) is 0 Å². The third-order valence-electron chi connectivity index (χ3n) is 4.78. The van der Waals surface area contributed by atoms with E-state index < -0.39 is 29.1 Å². The van der Waals surface area contributed by atoms with Gasteiger partial charge in [0.25, 0.3) is 0 Å². The number of hydrogen-bond acceptors (Lipinski definition) is 3. The quantitative estimate of drug-likeness (QED) is 0.635. The van der Waals surface area contributed by atoms with Gasteiger partial charge >= 0.3 is 0 Å². The first-order valence-electron chi connectivity index (χ1n) is 8.71. The molecule has 0 bridgehead atoms. The summed E-state index contributed by atoms with van der Waals surface area (Å²) in [7, 11) is 0. The lowest BCUT2D eigenvalue weighted by molar-refractivity contribution is -0.135. The molecule has 3 rings (SSSR count). The monoisotopic (exact) mass is 360 g/mol. The van der Waals surface area contributed by atoms with Crippen LogP contribution in [0.3, 0.4) is 0 Å². The van der Waals surface area contributed by atoms with Gasteiger partial charge in [0.2, 0.25) is 11.8 Å². The fourth-order valence-electron chi connectivity index (χ4n) is 3.21. The molecular weight excluding hydrogens is 340 g/mol. The summed E-state index contributed by atoms with van der Waals surface area (Å²) in [6, 6.07) is 16.4. The van der Waals surface area contributed by atoms with E-state index in [4.69, 9.17) is 6.42 Å². The Morgan fingerprint density at radius 2 is 1.93 bits per heavy atom. The summed E-state index contributed by atoms with van der Waals surface area (Å²) < 4.78 is 0. The highest BCUT2D eigenvalue weighted by atomic mass is 16.2. The van der Waals surface area contributed by atoms with Gasteiger partial charge in [-0.15, -0.1) is 6.42 Å². The molecule has 27 heavy (non-hydrogen) atoms. The van der Waals surface area contributed by atoms with Crippen molar-refractivity contribution in [1.82, 2.24) is 5.32 Å². The molecule has 2 atom stereocenters. The van der Waals surface area contributed by atoms with Crippen molar-refractivity contribution in [2.45, 2.75) is 25.3 Å². The standard InChI is InChI=1S/C22H20N2O3/c1-3-15-10-7-11-17(14-15)23-20(26)18-19(25)22(2,24-21(18)27)13-12-16-8-5-4-6-9-16/h1,4-11,14,18H,12-13H2,2H3,(H,23,26)(H,24,27). The smallest absolute Gasteiger partial charge is 0.244 e. The Labute approximate surface area is 158 Å². The van der Waals surface area contributed by atoms with E-state index in [0.717, 1.165) is 5.56 Å².